The van der Waals surface area contributed by atoms with Crippen molar-refractivity contribution in [2.24, 2.45) is 5.92 Å². The Morgan fingerprint density at radius 3 is 2.07 bits per heavy atom. The SMILES string of the molecule is C=C(/C(C)=C\C(=C/C)C(C)C)C(C)(C)F. The molecule has 0 bridgehead atoms. The average Bonchev–Trinajstić information content (AvgIpc) is 2.10. The quantitative estimate of drug-likeness (QED) is 0.582. The first-order valence-electron chi connectivity index (χ1n) is 5.43. The third-order valence-corrected chi connectivity index (χ3v) is 2.58. The molecule has 0 aliphatic carbocycles. The minimum atomic E-state index is -1.34. The van der Waals surface area contributed by atoms with Crippen LogP contribution in [0, 0.1) is 5.92 Å². The highest BCUT2D eigenvalue weighted by atomic mass is 19.1. The Hall–Kier alpha value is -0.850. The molecule has 86 valence electrons. The summed E-state index contributed by atoms with van der Waals surface area (Å²) in [5.74, 6) is 0.459. The lowest BCUT2D eigenvalue weighted by Gasteiger charge is -2.19. The number of rotatable bonds is 4. The van der Waals surface area contributed by atoms with Crippen molar-refractivity contribution in [1.29, 1.82) is 0 Å². The van der Waals surface area contributed by atoms with Gasteiger partial charge in [-0.1, -0.05) is 32.6 Å². The zero-order chi connectivity index (χ0) is 12.2. The van der Waals surface area contributed by atoms with Gasteiger partial charge < -0.3 is 0 Å². The largest absolute Gasteiger partial charge is 0.239 e. The van der Waals surface area contributed by atoms with Gasteiger partial charge in [0.2, 0.25) is 0 Å². The molecular weight excluding hydrogens is 187 g/mol. The molecule has 0 heterocycles. The molecule has 0 aliphatic rings. The molecule has 0 nitrogen and oxygen atoms in total. The summed E-state index contributed by atoms with van der Waals surface area (Å²) < 4.78 is 13.6. The van der Waals surface area contributed by atoms with Crippen LogP contribution in [0.2, 0.25) is 0 Å². The van der Waals surface area contributed by atoms with Crippen molar-refractivity contribution in [3.8, 4) is 0 Å². The Labute approximate surface area is 93.6 Å². The van der Waals surface area contributed by atoms with E-state index in [1.54, 1.807) is 0 Å². The maximum absolute atomic E-state index is 13.6. The zero-order valence-corrected chi connectivity index (χ0v) is 10.8. The molecule has 0 fully saturated rings. The van der Waals surface area contributed by atoms with Gasteiger partial charge in [0.05, 0.1) is 0 Å². The molecule has 0 saturated heterocycles. The van der Waals surface area contributed by atoms with Crippen molar-refractivity contribution >= 4 is 0 Å². The Balaban J connectivity index is 4.93. The van der Waals surface area contributed by atoms with Crippen LogP contribution in [-0.2, 0) is 0 Å². The smallest absolute Gasteiger partial charge is 0.130 e. The molecule has 0 aromatic heterocycles. The fourth-order valence-electron chi connectivity index (χ4n) is 1.39. The monoisotopic (exact) mass is 210 g/mol. The molecule has 0 saturated carbocycles. The molecule has 0 rings (SSSR count). The molecule has 0 spiro atoms. The van der Waals surface area contributed by atoms with Gasteiger partial charge in [0.15, 0.2) is 0 Å². The number of alkyl halides is 1. The van der Waals surface area contributed by atoms with Gasteiger partial charge in [-0.15, -0.1) is 0 Å². The van der Waals surface area contributed by atoms with Gasteiger partial charge >= 0.3 is 0 Å². The van der Waals surface area contributed by atoms with Gasteiger partial charge in [0, 0.05) is 0 Å². The first kappa shape index (κ1) is 14.2. The molecule has 15 heavy (non-hydrogen) atoms. The zero-order valence-electron chi connectivity index (χ0n) is 10.8. The first-order chi connectivity index (χ1) is 6.70. The van der Waals surface area contributed by atoms with Crippen molar-refractivity contribution in [2.75, 3.05) is 0 Å². The molecule has 0 radical (unpaired) electrons. The maximum Gasteiger partial charge on any atom is 0.130 e. The van der Waals surface area contributed by atoms with Crippen molar-refractivity contribution < 1.29 is 4.39 Å². The standard InChI is InChI=1S/C14H23F/c1-8-13(10(2)3)9-11(4)12(5)14(6,7)15/h8-10H,5H2,1-4,6-7H3/b11-9-,13-8+. The summed E-state index contributed by atoms with van der Waals surface area (Å²) in [6.45, 7) is 15.0. The van der Waals surface area contributed by atoms with E-state index in [1.165, 1.54) is 19.4 Å². The van der Waals surface area contributed by atoms with Crippen molar-refractivity contribution in [1.82, 2.24) is 0 Å². The highest BCUT2D eigenvalue weighted by Crippen LogP contribution is 2.27. The Morgan fingerprint density at radius 2 is 1.80 bits per heavy atom. The van der Waals surface area contributed by atoms with E-state index in [2.05, 4.69) is 26.5 Å². The van der Waals surface area contributed by atoms with Crippen LogP contribution in [0.4, 0.5) is 4.39 Å². The van der Waals surface area contributed by atoms with Gasteiger partial charge in [-0.25, -0.2) is 4.39 Å². The van der Waals surface area contributed by atoms with Crippen molar-refractivity contribution in [3.05, 3.63) is 35.5 Å². The second-order valence-electron chi connectivity index (χ2n) is 4.72. The first-order valence-corrected chi connectivity index (χ1v) is 5.43. The second-order valence-corrected chi connectivity index (χ2v) is 4.72. The number of halogens is 1. The van der Waals surface area contributed by atoms with E-state index in [1.807, 2.05) is 19.9 Å². The van der Waals surface area contributed by atoms with Gasteiger partial charge in [0.1, 0.15) is 5.67 Å². The Kier molecular flexibility index (Phi) is 4.99. The van der Waals surface area contributed by atoms with Crippen LogP contribution >= 0.6 is 0 Å². The van der Waals surface area contributed by atoms with Gasteiger partial charge in [-0.3, -0.25) is 0 Å². The minimum Gasteiger partial charge on any atom is -0.239 e. The van der Waals surface area contributed by atoms with Crippen molar-refractivity contribution in [3.63, 3.8) is 0 Å². The minimum absolute atomic E-state index is 0.459. The van der Waals surface area contributed by atoms with Crippen LogP contribution in [0.25, 0.3) is 0 Å². The molecule has 0 N–H and O–H groups in total. The lowest BCUT2D eigenvalue weighted by Crippen LogP contribution is -2.15. The Bertz CT molecular complexity index is 285. The summed E-state index contributed by atoms with van der Waals surface area (Å²) in [5.41, 5.74) is 1.36. The summed E-state index contributed by atoms with van der Waals surface area (Å²) in [4.78, 5) is 0. The lowest BCUT2D eigenvalue weighted by atomic mass is 9.92. The van der Waals surface area contributed by atoms with E-state index in [9.17, 15) is 4.39 Å². The molecule has 1 heteroatoms. The highest BCUT2D eigenvalue weighted by Gasteiger charge is 2.21. The second kappa shape index (κ2) is 5.29. The molecule has 0 amide bonds. The van der Waals surface area contributed by atoms with Crippen molar-refractivity contribution in [2.45, 2.75) is 47.2 Å². The summed E-state index contributed by atoms with van der Waals surface area (Å²) in [6.07, 6.45) is 4.08. The van der Waals surface area contributed by atoms with E-state index in [-0.39, 0.29) is 0 Å². The summed E-state index contributed by atoms with van der Waals surface area (Å²) in [7, 11) is 0. The molecule has 0 atom stereocenters. The molecule has 0 unspecified atom stereocenters. The molecule has 0 aliphatic heterocycles. The number of hydrogen-bond acceptors (Lipinski definition) is 0. The highest BCUT2D eigenvalue weighted by molar-refractivity contribution is 5.38. The number of hydrogen-bond donors (Lipinski definition) is 0. The molecule has 0 aromatic carbocycles. The van der Waals surface area contributed by atoms with Gasteiger partial charge in [-0.05, 0) is 50.3 Å². The predicted molar refractivity (Wildman–Crippen MR) is 66.7 cm³/mol. The predicted octanol–water partition coefficient (Wildman–Crippen LogP) is 4.84. The van der Waals surface area contributed by atoms with Crippen LogP contribution in [0.15, 0.2) is 35.5 Å². The Morgan fingerprint density at radius 1 is 1.33 bits per heavy atom. The summed E-state index contributed by atoms with van der Waals surface area (Å²) in [5, 5.41) is 0. The fourth-order valence-corrected chi connectivity index (χ4v) is 1.39. The van der Waals surface area contributed by atoms with Gasteiger partial charge in [-0.2, -0.15) is 0 Å². The van der Waals surface area contributed by atoms with E-state index in [4.69, 9.17) is 0 Å². The van der Waals surface area contributed by atoms with E-state index in [0.29, 0.717) is 11.5 Å². The van der Waals surface area contributed by atoms with E-state index in [0.717, 1.165) is 5.57 Å². The number of allylic oxidation sites excluding steroid dienone is 5. The average molecular weight is 210 g/mol. The third-order valence-electron chi connectivity index (χ3n) is 2.58. The van der Waals surface area contributed by atoms with Crippen LogP contribution in [0.3, 0.4) is 0 Å². The van der Waals surface area contributed by atoms with Crippen LogP contribution in [0.5, 0.6) is 0 Å². The third kappa shape index (κ3) is 4.46. The normalized spacial score (nSPS) is 14.7. The molecule has 0 aromatic rings. The maximum atomic E-state index is 13.6. The van der Waals surface area contributed by atoms with E-state index < -0.39 is 5.67 Å². The summed E-state index contributed by atoms with van der Waals surface area (Å²) in [6, 6.07) is 0. The fraction of sp³-hybridized carbons (Fsp3) is 0.571. The van der Waals surface area contributed by atoms with E-state index >= 15 is 0 Å². The summed E-state index contributed by atoms with van der Waals surface area (Å²) >= 11 is 0. The molecular formula is C14H23F. The lowest BCUT2D eigenvalue weighted by molar-refractivity contribution is 0.272. The van der Waals surface area contributed by atoms with Crippen LogP contribution < -0.4 is 0 Å². The topological polar surface area (TPSA) is 0 Å². The van der Waals surface area contributed by atoms with Gasteiger partial charge in [0.25, 0.3) is 0 Å². The van der Waals surface area contributed by atoms with Crippen LogP contribution in [0.1, 0.15) is 41.5 Å². The van der Waals surface area contributed by atoms with Crippen LogP contribution in [-0.4, -0.2) is 5.67 Å².